The normalized spacial score (nSPS) is 29.2. The first-order chi connectivity index (χ1) is 25.0. The van der Waals surface area contributed by atoms with Gasteiger partial charge in [0.1, 0.15) is 31.0 Å². The Morgan fingerprint density at radius 2 is 1.04 bits per heavy atom. The van der Waals surface area contributed by atoms with Crippen LogP contribution in [0.5, 0.6) is 0 Å². The average Bonchev–Trinajstić information content (AvgIpc) is 3.05. The van der Waals surface area contributed by atoms with Crippen LogP contribution in [0.2, 0.25) is 0 Å². The standard InChI is InChI=1S/C33H41N3O17/c1-15(37)44-14-23-25(46-16(2)38)26(47-17(3)39)24(35-36-34)33(52-23)53-29-27(45-13-22-11-9-8-10-12-22)28(48-18(4)40)30(49-19(5)41)32(51-21(7)43)31(29)50-20(6)42/h8-12,23-33H,13-14H2,1-7H3/t23-,24-,25-,26-,27-,28-,29+,30+,31+,32-,33-/m1/s1. The lowest BCUT2D eigenvalue weighted by molar-refractivity contribution is -0.325. The van der Waals surface area contributed by atoms with E-state index in [2.05, 4.69) is 10.0 Å². The number of hydrogen-bond acceptors (Lipinski definition) is 18. The summed E-state index contributed by atoms with van der Waals surface area (Å²) in [6.07, 6.45) is -16.4. The highest BCUT2D eigenvalue weighted by Crippen LogP contribution is 2.38. The Kier molecular flexibility index (Phi) is 15.5. The smallest absolute Gasteiger partial charge is 0.303 e. The minimum atomic E-state index is -1.84. The Labute approximate surface area is 303 Å². The average molecular weight is 752 g/mol. The molecule has 1 saturated carbocycles. The van der Waals surface area contributed by atoms with Crippen molar-refractivity contribution in [2.24, 2.45) is 5.11 Å². The molecular formula is C33H41N3O17. The Balaban J connectivity index is 2.28. The maximum atomic E-state index is 12.6. The molecule has 20 nitrogen and oxygen atoms in total. The van der Waals surface area contributed by atoms with Crippen LogP contribution in [0.1, 0.15) is 54.0 Å². The fraction of sp³-hybridized carbons (Fsp3) is 0.606. The van der Waals surface area contributed by atoms with Gasteiger partial charge >= 0.3 is 41.8 Å². The van der Waals surface area contributed by atoms with Gasteiger partial charge in [-0.15, -0.1) is 0 Å². The van der Waals surface area contributed by atoms with Crippen LogP contribution in [0.3, 0.4) is 0 Å². The predicted octanol–water partition coefficient (Wildman–Crippen LogP) is 1.53. The van der Waals surface area contributed by atoms with Gasteiger partial charge in [0.2, 0.25) is 0 Å². The molecule has 11 atom stereocenters. The number of ether oxygens (including phenoxy) is 10. The first kappa shape index (κ1) is 42.1. The van der Waals surface area contributed by atoms with E-state index < -0.39 is 116 Å². The zero-order valence-electron chi connectivity index (χ0n) is 29.9. The maximum absolute atomic E-state index is 12.6. The number of carbonyl (C=O) groups excluding carboxylic acids is 7. The van der Waals surface area contributed by atoms with Gasteiger partial charge in [0.15, 0.2) is 42.9 Å². The molecule has 20 heteroatoms. The third kappa shape index (κ3) is 12.1. The summed E-state index contributed by atoms with van der Waals surface area (Å²) in [5, 5.41) is 3.71. The lowest BCUT2D eigenvalue weighted by atomic mass is 9.83. The number of benzene rings is 1. The SMILES string of the molecule is CC(=O)OC[C@H]1O[C@H](O[C@H]2[C@H](OCc3ccccc3)[C@@H](OC(C)=O)[C@H](OC(C)=O)[C@@H](OC(C)=O)[C@H]2OC(C)=O)[C@H](N=[N+]=[N-])[C@@H](OC(C)=O)[C@@H]1OC(C)=O. The molecular weight excluding hydrogens is 710 g/mol. The molecule has 0 bridgehead atoms. The van der Waals surface area contributed by atoms with Crippen LogP contribution in [-0.4, -0.2) is 116 Å². The molecule has 290 valence electrons. The molecule has 1 aliphatic carbocycles. The maximum Gasteiger partial charge on any atom is 0.303 e. The molecule has 2 fully saturated rings. The van der Waals surface area contributed by atoms with Gasteiger partial charge in [-0.1, -0.05) is 35.4 Å². The molecule has 1 saturated heterocycles. The van der Waals surface area contributed by atoms with Gasteiger partial charge in [-0.25, -0.2) is 0 Å². The largest absolute Gasteiger partial charge is 0.463 e. The molecule has 0 N–H and O–H groups in total. The van der Waals surface area contributed by atoms with Gasteiger partial charge in [-0.3, -0.25) is 33.6 Å². The van der Waals surface area contributed by atoms with Crippen LogP contribution in [0.25, 0.3) is 10.4 Å². The molecule has 53 heavy (non-hydrogen) atoms. The van der Waals surface area contributed by atoms with Crippen molar-refractivity contribution in [1.82, 2.24) is 0 Å². The van der Waals surface area contributed by atoms with Gasteiger partial charge in [0, 0.05) is 53.4 Å². The molecule has 0 aromatic heterocycles. The summed E-state index contributed by atoms with van der Waals surface area (Å²) in [6, 6.07) is 6.91. The number of rotatable bonds is 14. The third-order valence-electron chi connectivity index (χ3n) is 7.58. The Morgan fingerprint density at radius 1 is 0.604 bits per heavy atom. The molecule has 0 spiro atoms. The fourth-order valence-corrected chi connectivity index (χ4v) is 5.87. The topological polar surface area (TPSA) is 261 Å². The second-order valence-electron chi connectivity index (χ2n) is 11.8. The van der Waals surface area contributed by atoms with Crippen molar-refractivity contribution in [3.63, 3.8) is 0 Å². The monoisotopic (exact) mass is 751 g/mol. The minimum Gasteiger partial charge on any atom is -0.463 e. The highest BCUT2D eigenvalue weighted by atomic mass is 16.7. The molecule has 0 amide bonds. The number of azide groups is 1. The van der Waals surface area contributed by atoms with Crippen molar-refractivity contribution in [2.45, 2.75) is 122 Å². The van der Waals surface area contributed by atoms with Crippen LogP contribution in [0.4, 0.5) is 0 Å². The van der Waals surface area contributed by atoms with E-state index in [4.69, 9.17) is 47.4 Å². The first-order valence-corrected chi connectivity index (χ1v) is 16.2. The lowest BCUT2D eigenvalue weighted by Crippen LogP contribution is -2.70. The summed E-state index contributed by atoms with van der Waals surface area (Å²) in [7, 11) is 0. The number of esters is 7. The number of hydrogen-bond donors (Lipinski definition) is 0. The van der Waals surface area contributed by atoms with Crippen molar-refractivity contribution >= 4 is 41.8 Å². The van der Waals surface area contributed by atoms with E-state index in [1.54, 1.807) is 30.3 Å². The molecule has 1 heterocycles. The predicted molar refractivity (Wildman–Crippen MR) is 171 cm³/mol. The van der Waals surface area contributed by atoms with E-state index in [-0.39, 0.29) is 6.61 Å². The van der Waals surface area contributed by atoms with E-state index >= 15 is 0 Å². The highest BCUT2D eigenvalue weighted by Gasteiger charge is 2.61. The zero-order valence-corrected chi connectivity index (χ0v) is 29.9. The number of nitrogens with zero attached hydrogens (tertiary/aromatic N) is 3. The molecule has 0 unspecified atom stereocenters. The summed E-state index contributed by atoms with van der Waals surface area (Å²) >= 11 is 0. The van der Waals surface area contributed by atoms with Crippen molar-refractivity contribution in [1.29, 1.82) is 0 Å². The van der Waals surface area contributed by atoms with Crippen molar-refractivity contribution in [3.05, 3.63) is 46.3 Å². The Hall–Kier alpha value is -5.30. The van der Waals surface area contributed by atoms with Gasteiger partial charge < -0.3 is 47.4 Å². The second-order valence-corrected chi connectivity index (χ2v) is 11.8. The quantitative estimate of drug-likeness (QED) is 0.0858. The zero-order chi connectivity index (χ0) is 39.4. The van der Waals surface area contributed by atoms with E-state index in [1.807, 2.05) is 0 Å². The van der Waals surface area contributed by atoms with Gasteiger partial charge in [-0.05, 0) is 11.1 Å². The van der Waals surface area contributed by atoms with Gasteiger partial charge in [0.25, 0.3) is 0 Å². The number of carbonyl (C=O) groups is 7. The fourth-order valence-electron chi connectivity index (χ4n) is 5.87. The first-order valence-electron chi connectivity index (χ1n) is 16.2. The second kappa shape index (κ2) is 19.5. The van der Waals surface area contributed by atoms with Crippen LogP contribution >= 0.6 is 0 Å². The summed E-state index contributed by atoms with van der Waals surface area (Å²) in [6.45, 7) is 6.49. The van der Waals surface area contributed by atoms with E-state index in [9.17, 15) is 39.1 Å². The van der Waals surface area contributed by atoms with E-state index in [0.29, 0.717) is 5.56 Å². The van der Waals surface area contributed by atoms with E-state index in [0.717, 1.165) is 48.5 Å². The van der Waals surface area contributed by atoms with Crippen molar-refractivity contribution < 1.29 is 80.9 Å². The van der Waals surface area contributed by atoms with Crippen LogP contribution in [0, 0.1) is 0 Å². The molecule has 2 aliphatic rings. The van der Waals surface area contributed by atoms with E-state index in [1.165, 1.54) is 0 Å². The highest BCUT2D eigenvalue weighted by molar-refractivity contribution is 5.70. The lowest BCUT2D eigenvalue weighted by Gasteiger charge is -2.50. The third-order valence-corrected chi connectivity index (χ3v) is 7.58. The Morgan fingerprint density at radius 3 is 1.49 bits per heavy atom. The Bertz CT molecular complexity index is 1550. The summed E-state index contributed by atoms with van der Waals surface area (Å²) in [5.74, 6) is -6.22. The van der Waals surface area contributed by atoms with Crippen LogP contribution < -0.4 is 0 Å². The van der Waals surface area contributed by atoms with Crippen molar-refractivity contribution in [3.8, 4) is 0 Å². The minimum absolute atomic E-state index is 0.202. The molecule has 1 aromatic rings. The summed E-state index contributed by atoms with van der Waals surface area (Å²) in [5.41, 5.74) is 10.2. The summed E-state index contributed by atoms with van der Waals surface area (Å²) < 4.78 is 57.1. The molecule has 1 aliphatic heterocycles. The summed E-state index contributed by atoms with van der Waals surface area (Å²) in [4.78, 5) is 89.3. The van der Waals surface area contributed by atoms with Crippen LogP contribution in [0.15, 0.2) is 35.4 Å². The molecule has 1 aromatic carbocycles. The van der Waals surface area contributed by atoms with Crippen LogP contribution in [-0.2, 0) is 87.5 Å². The molecule has 0 radical (unpaired) electrons. The van der Waals surface area contributed by atoms with Gasteiger partial charge in [-0.2, -0.15) is 0 Å². The van der Waals surface area contributed by atoms with Crippen molar-refractivity contribution in [2.75, 3.05) is 6.61 Å². The van der Waals surface area contributed by atoms with Gasteiger partial charge in [0.05, 0.1) is 6.61 Å². The molecule has 3 rings (SSSR count).